The highest BCUT2D eigenvalue weighted by Crippen LogP contribution is 2.24. The second-order valence-electron chi connectivity index (χ2n) is 5.12. The van der Waals surface area contributed by atoms with Gasteiger partial charge in [-0.05, 0) is 49.8 Å². The van der Waals surface area contributed by atoms with Gasteiger partial charge in [0.2, 0.25) is 0 Å². The van der Waals surface area contributed by atoms with Gasteiger partial charge in [0.1, 0.15) is 17.0 Å². The summed E-state index contributed by atoms with van der Waals surface area (Å²) in [5.41, 5.74) is 0. The zero-order valence-corrected chi connectivity index (χ0v) is 12.1. The van der Waals surface area contributed by atoms with E-state index in [1.165, 1.54) is 32.5 Å². The van der Waals surface area contributed by atoms with E-state index < -0.39 is 0 Å². The molecule has 4 nitrogen and oxygen atoms in total. The molecule has 102 valence electrons. The van der Waals surface area contributed by atoms with E-state index in [1.54, 1.807) is 17.7 Å². The average molecular weight is 276 g/mol. The minimum absolute atomic E-state index is 0.770. The zero-order chi connectivity index (χ0) is 13.1. The van der Waals surface area contributed by atoms with Crippen molar-refractivity contribution in [3.63, 3.8) is 0 Å². The Kier molecular flexibility index (Phi) is 3.94. The van der Waals surface area contributed by atoms with Crippen molar-refractivity contribution in [2.75, 3.05) is 31.5 Å². The first kappa shape index (κ1) is 12.8. The Morgan fingerprint density at radius 3 is 3.00 bits per heavy atom. The summed E-state index contributed by atoms with van der Waals surface area (Å²) in [6.45, 7) is 6.93. The Morgan fingerprint density at radius 2 is 2.21 bits per heavy atom. The molecule has 0 spiro atoms. The number of nitrogens with one attached hydrogen (secondary N) is 1. The van der Waals surface area contributed by atoms with Crippen molar-refractivity contribution in [3.8, 4) is 0 Å². The standard InChI is InChI=1S/C14H20N4S/c1-2-18-6-3-11(4-7-18)9-15-13-12-5-8-19-14(12)17-10-16-13/h5,8,10-11H,2-4,6-7,9H2,1H3,(H,15,16,17). The molecule has 0 unspecified atom stereocenters. The summed E-state index contributed by atoms with van der Waals surface area (Å²) in [4.78, 5) is 12.2. The first-order valence-electron chi connectivity index (χ1n) is 7.01. The third-order valence-electron chi connectivity index (χ3n) is 3.97. The molecule has 19 heavy (non-hydrogen) atoms. The van der Waals surface area contributed by atoms with E-state index in [0.29, 0.717) is 0 Å². The summed E-state index contributed by atoms with van der Waals surface area (Å²) in [6.07, 6.45) is 4.23. The molecular formula is C14H20N4S. The van der Waals surface area contributed by atoms with Crippen LogP contribution in [0.2, 0.25) is 0 Å². The summed E-state index contributed by atoms with van der Waals surface area (Å²) in [7, 11) is 0. The molecule has 0 aromatic carbocycles. The van der Waals surface area contributed by atoms with Crippen LogP contribution in [0.4, 0.5) is 5.82 Å². The summed E-state index contributed by atoms with van der Waals surface area (Å²) in [5.74, 6) is 1.76. The van der Waals surface area contributed by atoms with E-state index in [-0.39, 0.29) is 0 Å². The second kappa shape index (κ2) is 5.84. The van der Waals surface area contributed by atoms with E-state index >= 15 is 0 Å². The lowest BCUT2D eigenvalue weighted by Crippen LogP contribution is -2.35. The quantitative estimate of drug-likeness (QED) is 0.932. The van der Waals surface area contributed by atoms with E-state index in [2.05, 4.69) is 38.6 Å². The highest BCUT2D eigenvalue weighted by Gasteiger charge is 2.18. The van der Waals surface area contributed by atoms with Gasteiger partial charge in [0.15, 0.2) is 0 Å². The highest BCUT2D eigenvalue weighted by molar-refractivity contribution is 7.16. The molecule has 1 aliphatic rings. The fourth-order valence-corrected chi connectivity index (χ4v) is 3.41. The van der Waals surface area contributed by atoms with Crippen molar-refractivity contribution in [2.24, 2.45) is 5.92 Å². The lowest BCUT2D eigenvalue weighted by atomic mass is 9.97. The monoisotopic (exact) mass is 276 g/mol. The van der Waals surface area contributed by atoms with Crippen LogP contribution in [0.25, 0.3) is 10.2 Å². The van der Waals surface area contributed by atoms with Gasteiger partial charge in [-0.2, -0.15) is 0 Å². The molecule has 1 saturated heterocycles. The third kappa shape index (κ3) is 2.87. The molecule has 0 aliphatic carbocycles. The molecule has 0 atom stereocenters. The predicted octanol–water partition coefficient (Wildman–Crippen LogP) is 2.84. The lowest BCUT2D eigenvalue weighted by molar-refractivity contribution is 0.198. The zero-order valence-electron chi connectivity index (χ0n) is 11.3. The Labute approximate surface area is 117 Å². The van der Waals surface area contributed by atoms with E-state index in [0.717, 1.165) is 28.5 Å². The molecule has 5 heteroatoms. The van der Waals surface area contributed by atoms with Crippen LogP contribution in [-0.2, 0) is 0 Å². The maximum absolute atomic E-state index is 4.37. The summed E-state index contributed by atoms with van der Waals surface area (Å²) < 4.78 is 0. The summed E-state index contributed by atoms with van der Waals surface area (Å²) >= 11 is 1.67. The molecule has 2 aromatic rings. The van der Waals surface area contributed by atoms with Crippen molar-refractivity contribution >= 4 is 27.4 Å². The smallest absolute Gasteiger partial charge is 0.138 e. The van der Waals surface area contributed by atoms with Crippen molar-refractivity contribution in [3.05, 3.63) is 17.8 Å². The van der Waals surface area contributed by atoms with Crippen LogP contribution in [-0.4, -0.2) is 41.0 Å². The number of hydrogen-bond donors (Lipinski definition) is 1. The van der Waals surface area contributed by atoms with E-state index in [4.69, 9.17) is 0 Å². The van der Waals surface area contributed by atoms with Crippen LogP contribution in [0.3, 0.4) is 0 Å². The van der Waals surface area contributed by atoms with Gasteiger partial charge in [-0.3, -0.25) is 0 Å². The first-order chi connectivity index (χ1) is 9.36. The van der Waals surface area contributed by atoms with Gasteiger partial charge in [-0.1, -0.05) is 6.92 Å². The Hall–Kier alpha value is -1.20. The number of piperidine rings is 1. The summed E-state index contributed by atoms with van der Waals surface area (Å²) in [5, 5.41) is 6.74. The number of rotatable bonds is 4. The van der Waals surface area contributed by atoms with Gasteiger partial charge < -0.3 is 10.2 Å². The highest BCUT2D eigenvalue weighted by atomic mass is 32.1. The Balaban J connectivity index is 1.59. The molecular weight excluding hydrogens is 256 g/mol. The van der Waals surface area contributed by atoms with Gasteiger partial charge in [0.25, 0.3) is 0 Å². The number of thiophene rings is 1. The number of fused-ring (bicyclic) bond motifs is 1. The van der Waals surface area contributed by atoms with Crippen LogP contribution in [0, 0.1) is 5.92 Å². The van der Waals surface area contributed by atoms with Gasteiger partial charge in [-0.15, -0.1) is 11.3 Å². The predicted molar refractivity (Wildman–Crippen MR) is 80.7 cm³/mol. The molecule has 3 rings (SSSR count). The van der Waals surface area contributed by atoms with Crippen LogP contribution >= 0.6 is 11.3 Å². The molecule has 1 N–H and O–H groups in total. The summed E-state index contributed by atoms with van der Waals surface area (Å²) in [6, 6.07) is 2.10. The largest absolute Gasteiger partial charge is 0.369 e. The Morgan fingerprint density at radius 1 is 1.37 bits per heavy atom. The number of aromatic nitrogens is 2. The van der Waals surface area contributed by atoms with Gasteiger partial charge in [0.05, 0.1) is 5.39 Å². The third-order valence-corrected chi connectivity index (χ3v) is 4.80. The maximum atomic E-state index is 4.37. The molecule has 0 radical (unpaired) electrons. The fraction of sp³-hybridized carbons (Fsp3) is 0.571. The number of hydrogen-bond acceptors (Lipinski definition) is 5. The SMILES string of the molecule is CCN1CCC(CNc2ncnc3sccc23)CC1. The maximum Gasteiger partial charge on any atom is 0.138 e. The van der Waals surface area contributed by atoms with Crippen molar-refractivity contribution in [1.29, 1.82) is 0 Å². The van der Waals surface area contributed by atoms with Gasteiger partial charge >= 0.3 is 0 Å². The topological polar surface area (TPSA) is 41.0 Å². The lowest BCUT2D eigenvalue weighted by Gasteiger charge is -2.31. The molecule has 0 bridgehead atoms. The molecule has 0 amide bonds. The second-order valence-corrected chi connectivity index (χ2v) is 6.01. The fourth-order valence-electron chi connectivity index (χ4n) is 2.68. The number of anilines is 1. The van der Waals surface area contributed by atoms with Gasteiger partial charge in [-0.25, -0.2) is 9.97 Å². The van der Waals surface area contributed by atoms with Crippen molar-refractivity contribution in [2.45, 2.75) is 19.8 Å². The van der Waals surface area contributed by atoms with Crippen LogP contribution < -0.4 is 5.32 Å². The van der Waals surface area contributed by atoms with Crippen molar-refractivity contribution < 1.29 is 0 Å². The van der Waals surface area contributed by atoms with Crippen LogP contribution in [0.15, 0.2) is 17.8 Å². The average Bonchev–Trinajstić information content (AvgIpc) is 2.94. The number of nitrogens with zero attached hydrogens (tertiary/aromatic N) is 3. The number of likely N-dealkylation sites (tertiary alicyclic amines) is 1. The molecule has 3 heterocycles. The molecule has 1 fully saturated rings. The molecule has 2 aromatic heterocycles. The normalized spacial score (nSPS) is 17.9. The first-order valence-corrected chi connectivity index (χ1v) is 7.89. The minimum atomic E-state index is 0.770. The Bertz CT molecular complexity index is 531. The van der Waals surface area contributed by atoms with Crippen LogP contribution in [0.1, 0.15) is 19.8 Å². The molecule has 1 aliphatic heterocycles. The minimum Gasteiger partial charge on any atom is -0.369 e. The van der Waals surface area contributed by atoms with Gasteiger partial charge in [0, 0.05) is 6.54 Å². The molecule has 0 saturated carbocycles. The van der Waals surface area contributed by atoms with E-state index in [9.17, 15) is 0 Å². The van der Waals surface area contributed by atoms with Crippen LogP contribution in [0.5, 0.6) is 0 Å². The van der Waals surface area contributed by atoms with Crippen molar-refractivity contribution in [1.82, 2.24) is 14.9 Å². The van der Waals surface area contributed by atoms with E-state index in [1.807, 2.05) is 0 Å².